The number of halogens is 1. The molecule has 9 heteroatoms. The molecular formula is C31H28FN3O4S. The molecule has 1 aliphatic rings. The van der Waals surface area contributed by atoms with Gasteiger partial charge in [0.05, 0.1) is 5.52 Å². The van der Waals surface area contributed by atoms with Crippen LogP contribution in [0, 0.1) is 12.7 Å². The molecule has 1 fully saturated rings. The van der Waals surface area contributed by atoms with Crippen LogP contribution in [0.3, 0.4) is 0 Å². The fraction of sp³-hybridized carbons (Fsp3) is 0.226. The molecule has 0 radical (unpaired) electrons. The first kappa shape index (κ1) is 26.0. The number of pyridine rings is 1. The number of ether oxygens (including phenoxy) is 1. The fourth-order valence-corrected chi connectivity index (χ4v) is 5.97. The van der Waals surface area contributed by atoms with E-state index >= 15 is 0 Å². The lowest BCUT2D eigenvalue weighted by Crippen LogP contribution is -2.47. The Hall–Kier alpha value is -4.21. The minimum atomic E-state index is -0.981. The number of para-hydroxylation sites is 1. The number of carbonyl (C=O) groups excluding carboxylic acids is 1. The van der Waals surface area contributed by atoms with Gasteiger partial charge in [-0.1, -0.05) is 30.3 Å². The SMILES string of the molecule is Cc1ccccc1OC(=O)On1c(=O)ccc2ccc(CCN3CCN(c4cc(F)cc5sccc45)CC3)cc21. The van der Waals surface area contributed by atoms with Crippen LogP contribution in [0.1, 0.15) is 11.1 Å². The molecule has 204 valence electrons. The van der Waals surface area contributed by atoms with Gasteiger partial charge in [0.2, 0.25) is 0 Å². The maximum atomic E-state index is 14.2. The minimum absolute atomic E-state index is 0.199. The van der Waals surface area contributed by atoms with E-state index in [0.717, 1.165) is 76.2 Å². The van der Waals surface area contributed by atoms with E-state index in [1.54, 1.807) is 41.7 Å². The molecule has 0 amide bonds. The molecular weight excluding hydrogens is 529 g/mol. The van der Waals surface area contributed by atoms with E-state index in [2.05, 4.69) is 15.9 Å². The van der Waals surface area contributed by atoms with Crippen LogP contribution in [-0.2, 0) is 6.42 Å². The van der Waals surface area contributed by atoms with Crippen LogP contribution in [-0.4, -0.2) is 48.5 Å². The number of aromatic nitrogens is 1. The van der Waals surface area contributed by atoms with Crippen molar-refractivity contribution in [2.45, 2.75) is 13.3 Å². The van der Waals surface area contributed by atoms with Crippen LogP contribution < -0.4 is 20.0 Å². The van der Waals surface area contributed by atoms with E-state index < -0.39 is 11.7 Å². The van der Waals surface area contributed by atoms with E-state index in [1.807, 2.05) is 42.6 Å². The Morgan fingerprint density at radius 1 is 0.975 bits per heavy atom. The Morgan fingerprint density at radius 2 is 1.77 bits per heavy atom. The lowest BCUT2D eigenvalue weighted by atomic mass is 10.1. The smallest absolute Gasteiger partial charge is 0.393 e. The maximum absolute atomic E-state index is 14.2. The number of anilines is 1. The van der Waals surface area contributed by atoms with Crippen molar-refractivity contribution in [3.05, 3.63) is 105 Å². The molecule has 2 aromatic heterocycles. The van der Waals surface area contributed by atoms with Crippen molar-refractivity contribution in [1.82, 2.24) is 9.63 Å². The average Bonchev–Trinajstić information content (AvgIpc) is 3.43. The van der Waals surface area contributed by atoms with Crippen LogP contribution in [0.25, 0.3) is 21.0 Å². The Bertz CT molecular complexity index is 1760. The highest BCUT2D eigenvalue weighted by Gasteiger charge is 2.20. The van der Waals surface area contributed by atoms with E-state index in [4.69, 9.17) is 9.57 Å². The summed E-state index contributed by atoms with van der Waals surface area (Å²) in [5.74, 6) is 0.174. The summed E-state index contributed by atoms with van der Waals surface area (Å²) in [6.45, 7) is 6.04. The van der Waals surface area contributed by atoms with Gasteiger partial charge in [-0.3, -0.25) is 14.5 Å². The van der Waals surface area contributed by atoms with Crippen molar-refractivity contribution < 1.29 is 18.8 Å². The molecule has 5 aromatic rings. The highest BCUT2D eigenvalue weighted by Crippen LogP contribution is 2.32. The molecule has 7 nitrogen and oxygen atoms in total. The number of hydrogen-bond donors (Lipinski definition) is 0. The van der Waals surface area contributed by atoms with Gasteiger partial charge in [-0.2, -0.15) is 0 Å². The minimum Gasteiger partial charge on any atom is -0.393 e. The third-order valence-electron chi connectivity index (χ3n) is 7.32. The summed E-state index contributed by atoms with van der Waals surface area (Å²) in [4.78, 5) is 35.2. The number of carbonyl (C=O) groups is 1. The first-order valence-corrected chi connectivity index (χ1v) is 14.1. The van der Waals surface area contributed by atoms with Crippen molar-refractivity contribution in [1.29, 1.82) is 0 Å². The monoisotopic (exact) mass is 557 g/mol. The van der Waals surface area contributed by atoms with Gasteiger partial charge in [0.1, 0.15) is 11.6 Å². The number of hydrogen-bond acceptors (Lipinski definition) is 7. The number of nitrogens with zero attached hydrogens (tertiary/aromatic N) is 3. The predicted octanol–water partition coefficient (Wildman–Crippen LogP) is 5.66. The summed E-state index contributed by atoms with van der Waals surface area (Å²) in [5, 5.41) is 3.88. The lowest BCUT2D eigenvalue weighted by molar-refractivity contribution is 0.0894. The van der Waals surface area contributed by atoms with Crippen LogP contribution >= 0.6 is 11.3 Å². The zero-order valence-corrected chi connectivity index (χ0v) is 22.8. The van der Waals surface area contributed by atoms with Crippen molar-refractivity contribution in [2.75, 3.05) is 37.6 Å². The third kappa shape index (κ3) is 5.43. The van der Waals surface area contributed by atoms with Gasteiger partial charge in [-0.25, -0.2) is 9.18 Å². The van der Waals surface area contributed by atoms with Crippen LogP contribution in [0.15, 0.2) is 83.0 Å². The second kappa shape index (κ2) is 11.1. The van der Waals surface area contributed by atoms with Gasteiger partial charge in [0, 0.05) is 59.9 Å². The summed E-state index contributed by atoms with van der Waals surface area (Å²) in [5.41, 5.74) is 2.81. The molecule has 1 saturated heterocycles. The van der Waals surface area contributed by atoms with E-state index in [-0.39, 0.29) is 5.82 Å². The largest absolute Gasteiger partial charge is 0.539 e. The number of benzene rings is 3. The van der Waals surface area contributed by atoms with Gasteiger partial charge in [0.25, 0.3) is 5.56 Å². The molecule has 0 N–H and O–H groups in total. The second-order valence-electron chi connectivity index (χ2n) is 9.90. The second-order valence-corrected chi connectivity index (χ2v) is 10.9. The van der Waals surface area contributed by atoms with E-state index in [0.29, 0.717) is 11.3 Å². The zero-order chi connectivity index (χ0) is 27.6. The van der Waals surface area contributed by atoms with Gasteiger partial charge < -0.3 is 9.64 Å². The molecule has 6 rings (SSSR count). The number of aryl methyl sites for hydroxylation is 1. The summed E-state index contributed by atoms with van der Waals surface area (Å²) >= 11 is 1.56. The molecule has 0 unspecified atom stereocenters. The standard InChI is InChI=1S/C31H28FN3O4S/c1-21-4-2-3-5-28(21)38-31(37)39-35-26-18-22(6-7-23(26)8-9-30(35)36)10-12-33-13-15-34(16-14-33)27-19-24(32)20-29-25(27)11-17-40-29/h2-9,11,17-20H,10,12-16H2,1H3. The topological polar surface area (TPSA) is 64.0 Å². The molecule has 0 spiro atoms. The van der Waals surface area contributed by atoms with E-state index in [1.165, 1.54) is 6.07 Å². The first-order chi connectivity index (χ1) is 19.4. The normalized spacial score (nSPS) is 14.1. The van der Waals surface area contributed by atoms with Crippen molar-refractivity contribution in [3.8, 4) is 5.75 Å². The number of piperazine rings is 1. The Balaban J connectivity index is 1.12. The maximum Gasteiger partial charge on any atom is 0.539 e. The Labute approximate surface area is 234 Å². The third-order valence-corrected chi connectivity index (χ3v) is 8.18. The van der Waals surface area contributed by atoms with Crippen molar-refractivity contribution in [2.24, 2.45) is 0 Å². The summed E-state index contributed by atoms with van der Waals surface area (Å²) in [7, 11) is 0. The Kier molecular flexibility index (Phi) is 7.23. The average molecular weight is 558 g/mol. The van der Waals surface area contributed by atoms with Gasteiger partial charge in [-0.05, 0) is 66.2 Å². The molecule has 3 heterocycles. The molecule has 0 aliphatic carbocycles. The number of fused-ring (bicyclic) bond motifs is 2. The molecule has 0 atom stereocenters. The predicted molar refractivity (Wildman–Crippen MR) is 156 cm³/mol. The summed E-state index contributed by atoms with van der Waals surface area (Å²) < 4.78 is 21.5. The highest BCUT2D eigenvalue weighted by atomic mass is 32.1. The summed E-state index contributed by atoms with van der Waals surface area (Å²) in [6, 6.07) is 21.3. The Morgan fingerprint density at radius 3 is 2.60 bits per heavy atom. The number of rotatable bonds is 6. The first-order valence-electron chi connectivity index (χ1n) is 13.2. The van der Waals surface area contributed by atoms with E-state index in [9.17, 15) is 14.0 Å². The molecule has 0 bridgehead atoms. The zero-order valence-electron chi connectivity index (χ0n) is 22.0. The van der Waals surface area contributed by atoms with Crippen LogP contribution in [0.4, 0.5) is 14.9 Å². The van der Waals surface area contributed by atoms with Crippen LogP contribution in [0.2, 0.25) is 0 Å². The molecule has 0 saturated carbocycles. The number of thiophene rings is 1. The van der Waals surface area contributed by atoms with Crippen LogP contribution in [0.5, 0.6) is 5.75 Å². The molecule has 1 aliphatic heterocycles. The van der Waals surface area contributed by atoms with Gasteiger partial charge in [0.15, 0.2) is 0 Å². The fourth-order valence-electron chi connectivity index (χ4n) is 5.14. The molecule has 40 heavy (non-hydrogen) atoms. The quantitative estimate of drug-likeness (QED) is 0.199. The lowest BCUT2D eigenvalue weighted by Gasteiger charge is -2.36. The summed E-state index contributed by atoms with van der Waals surface area (Å²) in [6.07, 6.45) is -0.216. The van der Waals surface area contributed by atoms with Crippen molar-refractivity contribution >= 4 is 44.2 Å². The van der Waals surface area contributed by atoms with Crippen molar-refractivity contribution in [3.63, 3.8) is 0 Å². The molecule has 3 aromatic carbocycles. The highest BCUT2D eigenvalue weighted by molar-refractivity contribution is 7.17. The van der Waals surface area contributed by atoms with Gasteiger partial charge >= 0.3 is 6.16 Å². The van der Waals surface area contributed by atoms with Gasteiger partial charge in [-0.15, -0.1) is 16.1 Å².